The molecule has 0 bridgehead atoms. The van der Waals surface area contributed by atoms with Crippen LogP contribution < -0.4 is 10.1 Å². The number of hydrogen-bond acceptors (Lipinski definition) is 6. The Labute approximate surface area is 172 Å². The van der Waals surface area contributed by atoms with Crippen LogP contribution in [0.4, 0.5) is 11.4 Å². The number of nitro groups is 1. The summed E-state index contributed by atoms with van der Waals surface area (Å²) in [7, 11) is 0. The van der Waals surface area contributed by atoms with Gasteiger partial charge in [-0.1, -0.05) is 36.4 Å². The molecule has 30 heavy (non-hydrogen) atoms. The molecule has 152 valence electrons. The molecule has 0 spiro atoms. The van der Waals surface area contributed by atoms with Gasteiger partial charge in [-0.15, -0.1) is 0 Å². The van der Waals surface area contributed by atoms with E-state index in [1.54, 1.807) is 42.5 Å². The van der Waals surface area contributed by atoms with E-state index in [1.807, 2.05) is 6.07 Å². The number of rotatable bonds is 7. The van der Waals surface area contributed by atoms with Gasteiger partial charge in [0.15, 0.2) is 6.10 Å². The Morgan fingerprint density at radius 3 is 2.40 bits per heavy atom. The van der Waals surface area contributed by atoms with Crippen molar-refractivity contribution >= 4 is 23.3 Å². The number of nitrogens with one attached hydrogen (secondary N) is 1. The molecule has 0 aliphatic heterocycles. The van der Waals surface area contributed by atoms with Crippen LogP contribution in [0.5, 0.6) is 11.5 Å². The van der Waals surface area contributed by atoms with Crippen LogP contribution in [0, 0.1) is 10.1 Å². The number of carbonyl (C=O) groups excluding carboxylic acids is 2. The fraction of sp³-hybridized carbons (Fsp3) is 0.0909. The van der Waals surface area contributed by atoms with Gasteiger partial charge in [-0.3, -0.25) is 14.9 Å². The molecule has 0 unspecified atom stereocenters. The van der Waals surface area contributed by atoms with E-state index in [0.29, 0.717) is 11.5 Å². The van der Waals surface area contributed by atoms with Crippen LogP contribution in [0.3, 0.4) is 0 Å². The molecule has 3 aromatic rings. The second-order valence-electron chi connectivity index (χ2n) is 6.26. The summed E-state index contributed by atoms with van der Waals surface area (Å²) in [5.74, 6) is -0.511. The van der Waals surface area contributed by atoms with Crippen molar-refractivity contribution in [1.82, 2.24) is 0 Å². The van der Waals surface area contributed by atoms with E-state index in [-0.39, 0.29) is 16.9 Å². The number of ether oxygens (including phenoxy) is 2. The number of benzene rings is 3. The summed E-state index contributed by atoms with van der Waals surface area (Å²) in [6.07, 6.45) is -1.14. The lowest BCUT2D eigenvalue weighted by Crippen LogP contribution is -2.30. The third kappa shape index (κ3) is 5.20. The van der Waals surface area contributed by atoms with Crippen molar-refractivity contribution in [1.29, 1.82) is 0 Å². The molecule has 0 fully saturated rings. The molecule has 1 N–H and O–H groups in total. The highest BCUT2D eigenvalue weighted by Crippen LogP contribution is 2.26. The molecule has 0 aliphatic carbocycles. The predicted molar refractivity (Wildman–Crippen MR) is 110 cm³/mol. The minimum atomic E-state index is -1.14. The van der Waals surface area contributed by atoms with Gasteiger partial charge >= 0.3 is 5.97 Å². The number of nitro benzene ring substituents is 1. The molecule has 1 amide bonds. The predicted octanol–water partition coefficient (Wildman–Crippen LogP) is 4.57. The zero-order valence-corrected chi connectivity index (χ0v) is 16.0. The number of para-hydroxylation sites is 2. The standard InChI is InChI=1S/C22H18N2O6/c1-15(21(25)23-16-8-7-9-17(14-16)24(27)28)29-22(26)19-12-5-6-13-20(19)30-18-10-3-2-4-11-18/h2-15H,1H3,(H,23,25)/t15-/m1/s1. The lowest BCUT2D eigenvalue weighted by molar-refractivity contribution is -0.384. The number of nitrogens with zero attached hydrogens (tertiary/aromatic N) is 1. The van der Waals surface area contributed by atoms with Gasteiger partial charge in [0.05, 0.1) is 4.92 Å². The van der Waals surface area contributed by atoms with Crippen molar-refractivity contribution in [3.05, 3.63) is 94.5 Å². The summed E-state index contributed by atoms with van der Waals surface area (Å²) in [6.45, 7) is 1.41. The number of anilines is 1. The van der Waals surface area contributed by atoms with Crippen LogP contribution in [0.2, 0.25) is 0 Å². The Bertz CT molecular complexity index is 1070. The van der Waals surface area contributed by atoms with E-state index < -0.39 is 22.9 Å². The van der Waals surface area contributed by atoms with Crippen molar-refractivity contribution in [2.75, 3.05) is 5.32 Å². The average Bonchev–Trinajstić information content (AvgIpc) is 2.75. The average molecular weight is 406 g/mol. The van der Waals surface area contributed by atoms with Crippen molar-refractivity contribution < 1.29 is 24.0 Å². The summed E-state index contributed by atoms with van der Waals surface area (Å²) in [5.41, 5.74) is 0.227. The molecule has 3 rings (SSSR count). The largest absolute Gasteiger partial charge is 0.456 e. The molecule has 0 saturated carbocycles. The number of esters is 1. The molecule has 8 nitrogen and oxygen atoms in total. The number of amides is 1. The van der Waals surface area contributed by atoms with Crippen LogP contribution in [0.15, 0.2) is 78.9 Å². The van der Waals surface area contributed by atoms with E-state index >= 15 is 0 Å². The molecule has 0 aliphatic rings. The maximum atomic E-state index is 12.6. The van der Waals surface area contributed by atoms with Crippen molar-refractivity contribution in [2.24, 2.45) is 0 Å². The summed E-state index contributed by atoms with van der Waals surface area (Å²) in [6, 6.07) is 20.9. The van der Waals surface area contributed by atoms with Crippen molar-refractivity contribution in [3.8, 4) is 11.5 Å². The van der Waals surface area contributed by atoms with Crippen molar-refractivity contribution in [2.45, 2.75) is 13.0 Å². The molecule has 0 heterocycles. The van der Waals surface area contributed by atoms with Gasteiger partial charge in [0.2, 0.25) is 0 Å². The van der Waals surface area contributed by atoms with Crippen LogP contribution in [-0.4, -0.2) is 22.9 Å². The lowest BCUT2D eigenvalue weighted by atomic mass is 10.2. The first-order valence-electron chi connectivity index (χ1n) is 9.02. The summed E-state index contributed by atoms with van der Waals surface area (Å²) in [4.78, 5) is 35.2. The Hall–Kier alpha value is -4.20. The van der Waals surface area contributed by atoms with E-state index in [4.69, 9.17) is 9.47 Å². The zero-order valence-electron chi connectivity index (χ0n) is 16.0. The minimum Gasteiger partial charge on any atom is -0.456 e. The van der Waals surface area contributed by atoms with Crippen LogP contribution >= 0.6 is 0 Å². The fourth-order valence-electron chi connectivity index (χ4n) is 2.56. The smallest absolute Gasteiger partial charge is 0.342 e. The zero-order chi connectivity index (χ0) is 21.5. The van der Waals surface area contributed by atoms with E-state index in [0.717, 1.165) is 0 Å². The summed E-state index contributed by atoms with van der Waals surface area (Å²) in [5, 5.41) is 13.3. The molecular weight excluding hydrogens is 388 g/mol. The van der Waals surface area contributed by atoms with Gasteiger partial charge in [0, 0.05) is 17.8 Å². The van der Waals surface area contributed by atoms with Gasteiger partial charge in [0.1, 0.15) is 17.1 Å². The second-order valence-corrected chi connectivity index (χ2v) is 6.26. The maximum Gasteiger partial charge on any atom is 0.342 e. The monoisotopic (exact) mass is 406 g/mol. The first kappa shape index (κ1) is 20.5. The molecule has 0 aromatic heterocycles. The lowest BCUT2D eigenvalue weighted by Gasteiger charge is -2.15. The molecule has 8 heteroatoms. The van der Waals surface area contributed by atoms with Gasteiger partial charge < -0.3 is 14.8 Å². The highest BCUT2D eigenvalue weighted by Gasteiger charge is 2.22. The number of carbonyl (C=O) groups is 2. The molecular formula is C22H18N2O6. The highest BCUT2D eigenvalue weighted by atomic mass is 16.6. The highest BCUT2D eigenvalue weighted by molar-refractivity contribution is 5.98. The van der Waals surface area contributed by atoms with Gasteiger partial charge in [0.25, 0.3) is 11.6 Å². The van der Waals surface area contributed by atoms with Gasteiger partial charge in [-0.05, 0) is 37.3 Å². The third-order valence-electron chi connectivity index (χ3n) is 4.06. The fourth-order valence-corrected chi connectivity index (χ4v) is 2.56. The SMILES string of the molecule is C[C@@H](OC(=O)c1ccccc1Oc1ccccc1)C(=O)Nc1cccc([N+](=O)[O-])c1. The van der Waals surface area contributed by atoms with Crippen LogP contribution in [0.25, 0.3) is 0 Å². The first-order chi connectivity index (χ1) is 14.4. The molecule has 1 atom stereocenters. The van der Waals surface area contributed by atoms with E-state index in [2.05, 4.69) is 5.32 Å². The van der Waals surface area contributed by atoms with Crippen LogP contribution in [-0.2, 0) is 9.53 Å². The molecule has 0 saturated heterocycles. The molecule has 0 radical (unpaired) electrons. The summed E-state index contributed by atoms with van der Waals surface area (Å²) >= 11 is 0. The van der Waals surface area contributed by atoms with E-state index in [9.17, 15) is 19.7 Å². The van der Waals surface area contributed by atoms with E-state index in [1.165, 1.54) is 37.3 Å². The Kier molecular flexibility index (Phi) is 6.39. The second kappa shape index (κ2) is 9.33. The molecule has 3 aromatic carbocycles. The number of hydrogen-bond donors (Lipinski definition) is 1. The first-order valence-corrected chi connectivity index (χ1v) is 9.02. The Balaban J connectivity index is 1.68. The van der Waals surface area contributed by atoms with Gasteiger partial charge in [-0.2, -0.15) is 0 Å². The van der Waals surface area contributed by atoms with Crippen LogP contribution in [0.1, 0.15) is 17.3 Å². The van der Waals surface area contributed by atoms with Gasteiger partial charge in [-0.25, -0.2) is 4.79 Å². The summed E-state index contributed by atoms with van der Waals surface area (Å²) < 4.78 is 11.0. The minimum absolute atomic E-state index is 0.163. The number of non-ortho nitro benzene ring substituents is 1. The normalized spacial score (nSPS) is 11.2. The Morgan fingerprint density at radius 2 is 1.67 bits per heavy atom. The maximum absolute atomic E-state index is 12.6. The third-order valence-corrected chi connectivity index (χ3v) is 4.06. The Morgan fingerprint density at radius 1 is 0.967 bits per heavy atom. The quantitative estimate of drug-likeness (QED) is 0.350. The van der Waals surface area contributed by atoms with Crippen molar-refractivity contribution in [3.63, 3.8) is 0 Å². The topological polar surface area (TPSA) is 108 Å².